The second-order valence-electron chi connectivity index (χ2n) is 4.36. The summed E-state index contributed by atoms with van der Waals surface area (Å²) in [6.07, 6.45) is 4.91. The van der Waals surface area contributed by atoms with Crippen molar-refractivity contribution in [1.82, 2.24) is 14.6 Å². The SMILES string of the molecule is Cc1cc(NC(=O)c2cnn3cccnc23)ccc1Br. The van der Waals surface area contributed by atoms with E-state index in [2.05, 4.69) is 31.3 Å². The fourth-order valence-corrected chi connectivity index (χ4v) is 2.15. The lowest BCUT2D eigenvalue weighted by molar-refractivity contribution is 0.102. The number of halogens is 1. The zero-order chi connectivity index (χ0) is 14.1. The van der Waals surface area contributed by atoms with Gasteiger partial charge in [0.25, 0.3) is 5.91 Å². The first-order valence-corrected chi connectivity index (χ1v) is 6.80. The van der Waals surface area contributed by atoms with Crippen LogP contribution in [-0.2, 0) is 0 Å². The highest BCUT2D eigenvalue weighted by molar-refractivity contribution is 9.10. The lowest BCUT2D eigenvalue weighted by Crippen LogP contribution is -2.12. The first-order chi connectivity index (χ1) is 9.65. The summed E-state index contributed by atoms with van der Waals surface area (Å²) in [7, 11) is 0. The van der Waals surface area contributed by atoms with E-state index in [1.165, 1.54) is 6.20 Å². The number of aromatic nitrogens is 3. The minimum absolute atomic E-state index is 0.222. The Balaban J connectivity index is 1.91. The minimum Gasteiger partial charge on any atom is -0.322 e. The quantitative estimate of drug-likeness (QED) is 0.785. The monoisotopic (exact) mass is 330 g/mol. The number of rotatable bonds is 2. The molecule has 0 saturated carbocycles. The summed E-state index contributed by atoms with van der Waals surface area (Å²) in [4.78, 5) is 16.4. The van der Waals surface area contributed by atoms with Crippen molar-refractivity contribution in [3.8, 4) is 0 Å². The molecule has 0 saturated heterocycles. The van der Waals surface area contributed by atoms with Crippen LogP contribution in [0, 0.1) is 6.92 Å². The summed E-state index contributed by atoms with van der Waals surface area (Å²) >= 11 is 3.43. The first-order valence-electron chi connectivity index (χ1n) is 6.01. The van der Waals surface area contributed by atoms with E-state index in [9.17, 15) is 4.79 Å². The highest BCUT2D eigenvalue weighted by atomic mass is 79.9. The molecule has 1 aromatic carbocycles. The Kier molecular flexibility index (Phi) is 3.23. The number of carbonyl (C=O) groups is 1. The summed E-state index contributed by atoms with van der Waals surface area (Å²) < 4.78 is 2.58. The Labute approximate surface area is 123 Å². The van der Waals surface area contributed by atoms with Crippen LogP contribution in [0.1, 0.15) is 15.9 Å². The Morgan fingerprint density at radius 3 is 3.05 bits per heavy atom. The van der Waals surface area contributed by atoms with E-state index in [0.717, 1.165) is 15.7 Å². The van der Waals surface area contributed by atoms with Crippen LogP contribution in [0.4, 0.5) is 5.69 Å². The van der Waals surface area contributed by atoms with E-state index >= 15 is 0 Å². The summed E-state index contributed by atoms with van der Waals surface area (Å²) in [5.74, 6) is -0.222. The molecule has 0 spiro atoms. The molecular weight excluding hydrogens is 320 g/mol. The molecule has 0 aliphatic heterocycles. The summed E-state index contributed by atoms with van der Waals surface area (Å²) in [5.41, 5.74) is 2.79. The van der Waals surface area contributed by atoms with Gasteiger partial charge in [-0.15, -0.1) is 0 Å². The molecule has 0 aliphatic carbocycles. The van der Waals surface area contributed by atoms with Gasteiger partial charge in [0.1, 0.15) is 5.56 Å². The van der Waals surface area contributed by atoms with Crippen molar-refractivity contribution < 1.29 is 4.79 Å². The number of hydrogen-bond acceptors (Lipinski definition) is 3. The molecule has 0 aliphatic rings. The van der Waals surface area contributed by atoms with Gasteiger partial charge < -0.3 is 5.32 Å². The van der Waals surface area contributed by atoms with Gasteiger partial charge in [-0.05, 0) is 36.8 Å². The average molecular weight is 331 g/mol. The van der Waals surface area contributed by atoms with E-state index in [0.29, 0.717) is 11.2 Å². The molecule has 0 unspecified atom stereocenters. The molecule has 2 heterocycles. The zero-order valence-corrected chi connectivity index (χ0v) is 12.3. The molecule has 100 valence electrons. The largest absolute Gasteiger partial charge is 0.322 e. The predicted octanol–water partition coefficient (Wildman–Crippen LogP) is 3.05. The zero-order valence-electron chi connectivity index (χ0n) is 10.7. The molecule has 1 amide bonds. The summed E-state index contributed by atoms with van der Waals surface area (Å²) in [5, 5.41) is 6.95. The van der Waals surface area contributed by atoms with Crippen LogP contribution in [0.15, 0.2) is 47.3 Å². The van der Waals surface area contributed by atoms with Crippen molar-refractivity contribution in [3.63, 3.8) is 0 Å². The van der Waals surface area contributed by atoms with Crippen LogP contribution in [0.5, 0.6) is 0 Å². The Morgan fingerprint density at radius 1 is 1.40 bits per heavy atom. The van der Waals surface area contributed by atoms with Crippen molar-refractivity contribution >= 4 is 33.2 Å². The van der Waals surface area contributed by atoms with Gasteiger partial charge in [-0.2, -0.15) is 5.10 Å². The smallest absolute Gasteiger partial charge is 0.261 e. The number of anilines is 1. The van der Waals surface area contributed by atoms with Gasteiger partial charge >= 0.3 is 0 Å². The topological polar surface area (TPSA) is 59.3 Å². The molecule has 0 atom stereocenters. The number of aryl methyl sites for hydroxylation is 1. The number of hydrogen-bond donors (Lipinski definition) is 1. The van der Waals surface area contributed by atoms with Crippen LogP contribution in [-0.4, -0.2) is 20.5 Å². The fraction of sp³-hybridized carbons (Fsp3) is 0.0714. The predicted molar refractivity (Wildman–Crippen MR) is 79.8 cm³/mol. The van der Waals surface area contributed by atoms with Gasteiger partial charge in [-0.25, -0.2) is 9.50 Å². The maximum atomic E-state index is 12.3. The van der Waals surface area contributed by atoms with Crippen molar-refractivity contribution in [2.75, 3.05) is 5.32 Å². The number of fused-ring (bicyclic) bond motifs is 1. The molecule has 0 fully saturated rings. The van der Waals surface area contributed by atoms with Crippen LogP contribution < -0.4 is 5.32 Å². The number of nitrogens with one attached hydrogen (secondary N) is 1. The van der Waals surface area contributed by atoms with Gasteiger partial charge in [0.05, 0.1) is 6.20 Å². The standard InChI is InChI=1S/C14H11BrN4O/c1-9-7-10(3-4-12(9)15)18-14(20)11-8-17-19-6-2-5-16-13(11)19/h2-8H,1H3,(H,18,20). The van der Waals surface area contributed by atoms with Gasteiger partial charge in [-0.3, -0.25) is 4.79 Å². The molecule has 1 N–H and O–H groups in total. The maximum absolute atomic E-state index is 12.3. The Bertz CT molecular complexity index is 797. The third-order valence-corrected chi connectivity index (χ3v) is 3.83. The molecule has 6 heteroatoms. The van der Waals surface area contributed by atoms with Crippen molar-refractivity contribution in [2.24, 2.45) is 0 Å². The lowest BCUT2D eigenvalue weighted by atomic mass is 10.2. The molecule has 3 rings (SSSR count). The molecule has 5 nitrogen and oxygen atoms in total. The van der Waals surface area contributed by atoms with Crippen LogP contribution in [0.3, 0.4) is 0 Å². The molecule has 0 bridgehead atoms. The summed E-state index contributed by atoms with van der Waals surface area (Å²) in [6, 6.07) is 7.41. The average Bonchev–Trinajstić information content (AvgIpc) is 2.87. The van der Waals surface area contributed by atoms with Crippen LogP contribution >= 0.6 is 15.9 Å². The molecule has 2 aromatic heterocycles. The van der Waals surface area contributed by atoms with Crippen molar-refractivity contribution in [3.05, 3.63) is 58.5 Å². The molecule has 3 aromatic rings. The number of amides is 1. The number of benzene rings is 1. The van der Waals surface area contributed by atoms with Gasteiger partial charge in [0.2, 0.25) is 0 Å². The van der Waals surface area contributed by atoms with E-state index < -0.39 is 0 Å². The van der Waals surface area contributed by atoms with E-state index in [-0.39, 0.29) is 5.91 Å². The van der Waals surface area contributed by atoms with Crippen LogP contribution in [0.25, 0.3) is 5.65 Å². The normalized spacial score (nSPS) is 10.7. The summed E-state index contributed by atoms with van der Waals surface area (Å²) in [6.45, 7) is 1.97. The van der Waals surface area contributed by atoms with Crippen molar-refractivity contribution in [1.29, 1.82) is 0 Å². The van der Waals surface area contributed by atoms with E-state index in [1.807, 2.05) is 25.1 Å². The fourth-order valence-electron chi connectivity index (χ4n) is 1.91. The minimum atomic E-state index is -0.222. The molecular formula is C14H11BrN4O. The second-order valence-corrected chi connectivity index (χ2v) is 5.22. The number of carbonyl (C=O) groups excluding carboxylic acids is 1. The van der Waals surface area contributed by atoms with Gasteiger partial charge in [-0.1, -0.05) is 15.9 Å². The first kappa shape index (κ1) is 12.8. The highest BCUT2D eigenvalue weighted by Crippen LogP contribution is 2.20. The Morgan fingerprint density at radius 2 is 2.25 bits per heavy atom. The highest BCUT2D eigenvalue weighted by Gasteiger charge is 2.13. The van der Waals surface area contributed by atoms with Gasteiger partial charge in [0.15, 0.2) is 5.65 Å². The van der Waals surface area contributed by atoms with Crippen molar-refractivity contribution in [2.45, 2.75) is 6.92 Å². The lowest BCUT2D eigenvalue weighted by Gasteiger charge is -2.06. The van der Waals surface area contributed by atoms with E-state index in [1.54, 1.807) is 23.0 Å². The Hall–Kier alpha value is -2.21. The number of nitrogens with zero attached hydrogens (tertiary/aromatic N) is 3. The third-order valence-electron chi connectivity index (χ3n) is 2.94. The second kappa shape index (κ2) is 5.05. The van der Waals surface area contributed by atoms with E-state index in [4.69, 9.17) is 0 Å². The molecule has 20 heavy (non-hydrogen) atoms. The molecule has 0 radical (unpaired) electrons. The third kappa shape index (κ3) is 2.30. The van der Waals surface area contributed by atoms with Crippen LogP contribution in [0.2, 0.25) is 0 Å². The maximum Gasteiger partial charge on any atom is 0.261 e. The van der Waals surface area contributed by atoms with Gasteiger partial charge in [0, 0.05) is 22.6 Å².